The van der Waals surface area contributed by atoms with E-state index in [-0.39, 0.29) is 0 Å². The minimum atomic E-state index is 0.691. The van der Waals surface area contributed by atoms with Crippen LogP contribution in [0.3, 0.4) is 0 Å². The molecule has 1 aromatic carbocycles. The Balaban J connectivity index is 2.70. The predicted molar refractivity (Wildman–Crippen MR) is 61.6 cm³/mol. The summed E-state index contributed by atoms with van der Waals surface area (Å²) < 4.78 is 0. The summed E-state index contributed by atoms with van der Waals surface area (Å²) in [7, 11) is 2.06. The first kappa shape index (κ1) is 11.5. The summed E-state index contributed by atoms with van der Waals surface area (Å²) in [5.41, 5.74) is 8.03. The number of benzene rings is 1. The average molecular weight is 213 g/mol. The molecule has 0 spiro atoms. The third-order valence-corrected chi connectivity index (χ3v) is 2.50. The third kappa shape index (κ3) is 3.29. The van der Waals surface area contributed by atoms with Gasteiger partial charge in [-0.2, -0.15) is 0 Å². The van der Waals surface area contributed by atoms with Crippen LogP contribution in [0.2, 0.25) is 5.02 Å². The molecule has 0 radical (unpaired) electrons. The van der Waals surface area contributed by atoms with Gasteiger partial charge in [-0.05, 0) is 37.2 Å². The number of halogens is 1. The van der Waals surface area contributed by atoms with E-state index < -0.39 is 0 Å². The first-order chi connectivity index (χ1) is 6.63. The van der Waals surface area contributed by atoms with Crippen molar-refractivity contribution < 1.29 is 0 Å². The Kier molecular flexibility index (Phi) is 4.39. The molecule has 78 valence electrons. The molecule has 2 N–H and O–H groups in total. The van der Waals surface area contributed by atoms with Gasteiger partial charge in [0.1, 0.15) is 0 Å². The third-order valence-electron chi connectivity index (χ3n) is 2.26. The Morgan fingerprint density at radius 2 is 2.14 bits per heavy atom. The maximum Gasteiger partial charge on any atom is 0.0409 e. The highest BCUT2D eigenvalue weighted by atomic mass is 35.5. The molecule has 0 aliphatic heterocycles. The van der Waals surface area contributed by atoms with Gasteiger partial charge in [-0.1, -0.05) is 17.7 Å². The second kappa shape index (κ2) is 5.35. The van der Waals surface area contributed by atoms with E-state index in [0.29, 0.717) is 6.54 Å². The van der Waals surface area contributed by atoms with Crippen molar-refractivity contribution in [2.24, 2.45) is 5.73 Å². The molecule has 0 saturated carbocycles. The maximum atomic E-state index is 5.93. The lowest BCUT2D eigenvalue weighted by molar-refractivity contribution is 0.335. The summed E-state index contributed by atoms with van der Waals surface area (Å²) in [6.07, 6.45) is 0. The van der Waals surface area contributed by atoms with Crippen LogP contribution < -0.4 is 5.73 Å². The monoisotopic (exact) mass is 212 g/mol. The number of hydrogen-bond acceptors (Lipinski definition) is 2. The molecule has 1 rings (SSSR count). The van der Waals surface area contributed by atoms with Gasteiger partial charge in [0.15, 0.2) is 0 Å². The molecule has 0 aliphatic rings. The van der Waals surface area contributed by atoms with E-state index in [1.165, 1.54) is 11.1 Å². The van der Waals surface area contributed by atoms with Crippen molar-refractivity contribution in [1.29, 1.82) is 0 Å². The molecule has 2 nitrogen and oxygen atoms in total. The number of aryl methyl sites for hydroxylation is 1. The Morgan fingerprint density at radius 3 is 2.79 bits per heavy atom. The molecule has 0 fully saturated rings. The van der Waals surface area contributed by atoms with Gasteiger partial charge >= 0.3 is 0 Å². The Labute approximate surface area is 90.7 Å². The first-order valence-corrected chi connectivity index (χ1v) is 5.15. The van der Waals surface area contributed by atoms with E-state index in [0.717, 1.165) is 18.1 Å². The van der Waals surface area contributed by atoms with Gasteiger partial charge in [0.2, 0.25) is 0 Å². The zero-order valence-electron chi connectivity index (χ0n) is 8.76. The lowest BCUT2D eigenvalue weighted by Gasteiger charge is -2.17. The molecular formula is C11H17ClN2. The normalized spacial score (nSPS) is 10.9. The summed E-state index contributed by atoms with van der Waals surface area (Å²) in [5, 5.41) is 0.798. The Bertz CT molecular complexity index is 299. The van der Waals surface area contributed by atoms with Gasteiger partial charge in [0, 0.05) is 24.7 Å². The Morgan fingerprint density at radius 1 is 1.43 bits per heavy atom. The molecule has 14 heavy (non-hydrogen) atoms. The van der Waals surface area contributed by atoms with Crippen LogP contribution in [0.1, 0.15) is 11.1 Å². The van der Waals surface area contributed by atoms with Crippen molar-refractivity contribution in [3.63, 3.8) is 0 Å². The second-order valence-corrected chi connectivity index (χ2v) is 4.03. The van der Waals surface area contributed by atoms with Crippen LogP contribution in [0.25, 0.3) is 0 Å². The quantitative estimate of drug-likeness (QED) is 0.828. The van der Waals surface area contributed by atoms with Gasteiger partial charge in [0.25, 0.3) is 0 Å². The maximum absolute atomic E-state index is 5.93. The second-order valence-electron chi connectivity index (χ2n) is 3.60. The molecular weight excluding hydrogens is 196 g/mol. The highest BCUT2D eigenvalue weighted by Crippen LogP contribution is 2.16. The molecule has 0 aromatic heterocycles. The lowest BCUT2D eigenvalue weighted by Crippen LogP contribution is -2.25. The summed E-state index contributed by atoms with van der Waals surface area (Å²) >= 11 is 5.93. The van der Waals surface area contributed by atoms with Crippen molar-refractivity contribution in [2.45, 2.75) is 13.5 Å². The minimum absolute atomic E-state index is 0.691. The van der Waals surface area contributed by atoms with E-state index in [1.807, 2.05) is 18.2 Å². The van der Waals surface area contributed by atoms with Crippen molar-refractivity contribution in [3.05, 3.63) is 34.3 Å². The Hall–Kier alpha value is -0.570. The molecule has 0 saturated heterocycles. The van der Waals surface area contributed by atoms with Crippen LogP contribution in [0.15, 0.2) is 18.2 Å². The van der Waals surface area contributed by atoms with E-state index in [9.17, 15) is 0 Å². The van der Waals surface area contributed by atoms with Crippen molar-refractivity contribution in [3.8, 4) is 0 Å². The van der Waals surface area contributed by atoms with Crippen LogP contribution in [-0.4, -0.2) is 25.0 Å². The SMILES string of the molecule is Cc1ccc(Cl)cc1CN(C)CCN. The smallest absolute Gasteiger partial charge is 0.0409 e. The number of likely N-dealkylation sites (N-methyl/N-ethyl adjacent to an activating group) is 1. The van der Waals surface area contributed by atoms with E-state index in [1.54, 1.807) is 0 Å². The van der Waals surface area contributed by atoms with Gasteiger partial charge in [-0.15, -0.1) is 0 Å². The highest BCUT2D eigenvalue weighted by molar-refractivity contribution is 6.30. The molecule has 0 amide bonds. The van der Waals surface area contributed by atoms with Gasteiger partial charge < -0.3 is 10.6 Å². The largest absolute Gasteiger partial charge is 0.329 e. The average Bonchev–Trinajstić information content (AvgIpc) is 2.12. The number of rotatable bonds is 4. The zero-order chi connectivity index (χ0) is 10.6. The van der Waals surface area contributed by atoms with Gasteiger partial charge in [-0.3, -0.25) is 0 Å². The topological polar surface area (TPSA) is 29.3 Å². The van der Waals surface area contributed by atoms with E-state index in [4.69, 9.17) is 17.3 Å². The molecule has 0 heterocycles. The summed E-state index contributed by atoms with van der Waals surface area (Å²) in [6.45, 7) is 4.60. The zero-order valence-corrected chi connectivity index (χ0v) is 9.51. The van der Waals surface area contributed by atoms with Crippen molar-refractivity contribution in [1.82, 2.24) is 4.90 Å². The minimum Gasteiger partial charge on any atom is -0.329 e. The van der Waals surface area contributed by atoms with Crippen molar-refractivity contribution >= 4 is 11.6 Å². The summed E-state index contributed by atoms with van der Waals surface area (Å²) in [4.78, 5) is 2.19. The number of hydrogen-bond donors (Lipinski definition) is 1. The van der Waals surface area contributed by atoms with Crippen LogP contribution in [0.4, 0.5) is 0 Å². The molecule has 0 atom stereocenters. The molecule has 0 unspecified atom stereocenters. The van der Waals surface area contributed by atoms with Crippen molar-refractivity contribution in [2.75, 3.05) is 20.1 Å². The lowest BCUT2D eigenvalue weighted by atomic mass is 10.1. The van der Waals surface area contributed by atoms with E-state index >= 15 is 0 Å². The van der Waals surface area contributed by atoms with Gasteiger partial charge in [0.05, 0.1) is 0 Å². The fourth-order valence-electron chi connectivity index (χ4n) is 1.40. The molecule has 0 aliphatic carbocycles. The summed E-state index contributed by atoms with van der Waals surface area (Å²) in [5.74, 6) is 0. The fourth-order valence-corrected chi connectivity index (χ4v) is 1.60. The molecule has 0 bridgehead atoms. The van der Waals surface area contributed by atoms with Crippen LogP contribution in [0.5, 0.6) is 0 Å². The highest BCUT2D eigenvalue weighted by Gasteiger charge is 2.02. The fraction of sp³-hybridized carbons (Fsp3) is 0.455. The van der Waals surface area contributed by atoms with Crippen LogP contribution in [0, 0.1) is 6.92 Å². The number of nitrogens with zero attached hydrogens (tertiary/aromatic N) is 1. The predicted octanol–water partition coefficient (Wildman–Crippen LogP) is 2.04. The molecule has 3 heteroatoms. The van der Waals surface area contributed by atoms with Crippen LogP contribution >= 0.6 is 11.6 Å². The first-order valence-electron chi connectivity index (χ1n) is 4.77. The van der Waals surface area contributed by atoms with Crippen LogP contribution in [-0.2, 0) is 6.54 Å². The summed E-state index contributed by atoms with van der Waals surface area (Å²) in [6, 6.07) is 5.99. The van der Waals surface area contributed by atoms with Gasteiger partial charge in [-0.25, -0.2) is 0 Å². The molecule has 1 aromatic rings. The standard InChI is InChI=1S/C11H17ClN2/c1-9-3-4-11(12)7-10(9)8-14(2)6-5-13/h3-4,7H,5-6,8,13H2,1-2H3. The number of nitrogens with two attached hydrogens (primary N) is 1. The van der Waals surface area contributed by atoms with E-state index in [2.05, 4.69) is 18.9 Å².